The number of carbonyl (C=O) groups excluding carboxylic acids is 1. The Labute approximate surface area is 188 Å². The van der Waals surface area contributed by atoms with E-state index in [0.717, 1.165) is 63.5 Å². The second-order valence-electron chi connectivity index (χ2n) is 7.89. The first-order valence-electron chi connectivity index (χ1n) is 11.1. The van der Waals surface area contributed by atoms with E-state index in [1.807, 2.05) is 12.1 Å². The molecule has 31 heavy (non-hydrogen) atoms. The third-order valence-corrected chi connectivity index (χ3v) is 6.50. The molecule has 2 heterocycles. The summed E-state index contributed by atoms with van der Waals surface area (Å²) in [7, 11) is 0. The third kappa shape index (κ3) is 5.74. The molecule has 1 fully saturated rings. The number of piperazine rings is 1. The van der Waals surface area contributed by atoms with Crippen molar-refractivity contribution < 1.29 is 9.53 Å². The zero-order valence-electron chi connectivity index (χ0n) is 18.0. The van der Waals surface area contributed by atoms with Crippen molar-refractivity contribution in [1.82, 2.24) is 9.27 Å². The van der Waals surface area contributed by atoms with Gasteiger partial charge in [-0.05, 0) is 54.2 Å². The summed E-state index contributed by atoms with van der Waals surface area (Å²) in [4.78, 5) is 16.7. The minimum atomic E-state index is -0.382. The van der Waals surface area contributed by atoms with Gasteiger partial charge in [0, 0.05) is 43.8 Å². The number of benzene rings is 2. The Hall–Kier alpha value is -2.64. The smallest absolute Gasteiger partial charge is 0.411 e. The molecule has 164 valence electrons. The Morgan fingerprint density at radius 2 is 1.87 bits per heavy atom. The van der Waals surface area contributed by atoms with Gasteiger partial charge in [0.25, 0.3) is 0 Å². The molecule has 1 amide bonds. The first-order chi connectivity index (χ1) is 15.2. The Bertz CT molecular complexity index is 981. The average Bonchev–Trinajstić information content (AvgIpc) is 3.23. The molecular weight excluding hydrogens is 408 g/mol. The summed E-state index contributed by atoms with van der Waals surface area (Å²) in [5.41, 5.74) is 2.05. The van der Waals surface area contributed by atoms with Crippen molar-refractivity contribution >= 4 is 39.2 Å². The summed E-state index contributed by atoms with van der Waals surface area (Å²) in [6, 6.07) is 16.5. The maximum atomic E-state index is 11.7. The number of hydrogen-bond donors (Lipinski definition) is 1. The van der Waals surface area contributed by atoms with Crippen LogP contribution in [0.1, 0.15) is 25.3 Å². The lowest BCUT2D eigenvalue weighted by Gasteiger charge is -2.35. The van der Waals surface area contributed by atoms with Crippen LogP contribution in [0.15, 0.2) is 48.5 Å². The molecule has 1 N–H and O–H groups in total. The van der Waals surface area contributed by atoms with E-state index in [2.05, 4.69) is 58.4 Å². The summed E-state index contributed by atoms with van der Waals surface area (Å²) >= 11 is 1.59. The van der Waals surface area contributed by atoms with Gasteiger partial charge in [-0.15, -0.1) is 0 Å². The molecule has 1 aliphatic heterocycles. The molecule has 4 rings (SSSR count). The van der Waals surface area contributed by atoms with E-state index in [-0.39, 0.29) is 6.09 Å². The molecule has 7 heteroatoms. The highest BCUT2D eigenvalue weighted by Gasteiger charge is 2.20. The maximum absolute atomic E-state index is 11.7. The van der Waals surface area contributed by atoms with Crippen molar-refractivity contribution in [2.75, 3.05) is 49.5 Å². The summed E-state index contributed by atoms with van der Waals surface area (Å²) < 4.78 is 11.1. The molecule has 0 atom stereocenters. The number of unbranched alkanes of at least 4 members (excludes halogenated alkanes) is 1. The number of carbonyl (C=O) groups is 1. The molecule has 3 aromatic rings. The Kier molecular flexibility index (Phi) is 7.38. The summed E-state index contributed by atoms with van der Waals surface area (Å²) in [5, 5.41) is 4.05. The zero-order valence-corrected chi connectivity index (χ0v) is 18.9. The Morgan fingerprint density at radius 1 is 1.10 bits per heavy atom. The third-order valence-electron chi connectivity index (χ3n) is 5.68. The fraction of sp³-hybridized carbons (Fsp3) is 0.417. The van der Waals surface area contributed by atoms with Gasteiger partial charge in [-0.3, -0.25) is 10.2 Å². The Morgan fingerprint density at radius 3 is 2.65 bits per heavy atom. The molecule has 0 unspecified atom stereocenters. The van der Waals surface area contributed by atoms with Crippen LogP contribution in [0.5, 0.6) is 0 Å². The van der Waals surface area contributed by atoms with E-state index in [0.29, 0.717) is 6.61 Å². The lowest BCUT2D eigenvalue weighted by Crippen LogP contribution is -2.47. The average molecular weight is 439 g/mol. The summed E-state index contributed by atoms with van der Waals surface area (Å²) in [6.45, 7) is 7.70. The van der Waals surface area contributed by atoms with Gasteiger partial charge in [0.15, 0.2) is 0 Å². The van der Waals surface area contributed by atoms with E-state index >= 15 is 0 Å². The van der Waals surface area contributed by atoms with Crippen LogP contribution in [0, 0.1) is 0 Å². The first kappa shape index (κ1) is 21.6. The molecule has 0 saturated carbocycles. The SMILES string of the molecule is CCCCOC(=O)Nc1ccc(CCN2CCN(c3nsc4ccccc34)CC2)cc1. The number of nitrogens with one attached hydrogen (secondary N) is 1. The monoisotopic (exact) mass is 438 g/mol. The van der Waals surface area contributed by atoms with Gasteiger partial charge >= 0.3 is 6.09 Å². The van der Waals surface area contributed by atoms with Gasteiger partial charge < -0.3 is 9.64 Å². The fourth-order valence-corrected chi connectivity index (χ4v) is 4.58. The van der Waals surface area contributed by atoms with E-state index in [9.17, 15) is 4.79 Å². The van der Waals surface area contributed by atoms with E-state index < -0.39 is 0 Å². The standard InChI is InChI=1S/C24H30N4O2S/c1-2-3-18-30-24(29)25-20-10-8-19(9-11-20)12-13-27-14-16-28(17-15-27)23-21-6-4-5-7-22(21)31-26-23/h4-11H,2-3,12-18H2,1H3,(H,25,29). The molecule has 0 radical (unpaired) electrons. The van der Waals surface area contributed by atoms with Gasteiger partial charge in [-0.1, -0.05) is 37.6 Å². The molecular formula is C24H30N4O2S. The minimum absolute atomic E-state index is 0.382. The minimum Gasteiger partial charge on any atom is -0.449 e. The zero-order chi connectivity index (χ0) is 21.5. The predicted octanol–water partition coefficient (Wildman–Crippen LogP) is 5.01. The fourth-order valence-electron chi connectivity index (χ4n) is 3.79. The summed E-state index contributed by atoms with van der Waals surface area (Å²) in [5.74, 6) is 1.14. The van der Waals surface area contributed by atoms with Crippen molar-refractivity contribution in [3.05, 3.63) is 54.1 Å². The first-order valence-corrected chi connectivity index (χ1v) is 11.8. The summed E-state index contributed by atoms with van der Waals surface area (Å²) in [6.07, 6.45) is 2.52. The van der Waals surface area contributed by atoms with Crippen molar-refractivity contribution in [2.24, 2.45) is 0 Å². The van der Waals surface area contributed by atoms with Crippen LogP contribution >= 0.6 is 11.5 Å². The number of hydrogen-bond acceptors (Lipinski definition) is 6. The van der Waals surface area contributed by atoms with Crippen molar-refractivity contribution in [3.8, 4) is 0 Å². The van der Waals surface area contributed by atoms with Crippen molar-refractivity contribution in [2.45, 2.75) is 26.2 Å². The highest BCUT2D eigenvalue weighted by molar-refractivity contribution is 7.13. The van der Waals surface area contributed by atoms with Crippen LogP contribution in [-0.2, 0) is 11.2 Å². The van der Waals surface area contributed by atoms with E-state index in [4.69, 9.17) is 9.11 Å². The number of nitrogens with zero attached hydrogens (tertiary/aromatic N) is 3. The molecule has 0 aliphatic carbocycles. The number of anilines is 2. The largest absolute Gasteiger partial charge is 0.449 e. The van der Waals surface area contributed by atoms with Crippen LogP contribution in [0.25, 0.3) is 10.1 Å². The van der Waals surface area contributed by atoms with Gasteiger partial charge in [0.1, 0.15) is 5.82 Å². The topological polar surface area (TPSA) is 57.7 Å². The van der Waals surface area contributed by atoms with Crippen LogP contribution in [-0.4, -0.2) is 54.7 Å². The van der Waals surface area contributed by atoms with Crippen LogP contribution < -0.4 is 10.2 Å². The lowest BCUT2D eigenvalue weighted by molar-refractivity contribution is 0.160. The van der Waals surface area contributed by atoms with Crippen LogP contribution in [0.2, 0.25) is 0 Å². The lowest BCUT2D eigenvalue weighted by atomic mass is 10.1. The Balaban J connectivity index is 1.21. The number of amides is 1. The number of aromatic nitrogens is 1. The van der Waals surface area contributed by atoms with Gasteiger partial charge in [0.05, 0.1) is 11.3 Å². The molecule has 1 aliphatic rings. The predicted molar refractivity (Wildman–Crippen MR) is 128 cm³/mol. The molecule has 2 aromatic carbocycles. The van der Waals surface area contributed by atoms with Gasteiger partial charge in [-0.25, -0.2) is 4.79 Å². The molecule has 1 aromatic heterocycles. The van der Waals surface area contributed by atoms with Crippen LogP contribution in [0.3, 0.4) is 0 Å². The molecule has 0 bridgehead atoms. The van der Waals surface area contributed by atoms with Crippen molar-refractivity contribution in [3.63, 3.8) is 0 Å². The normalized spacial score (nSPS) is 14.7. The number of rotatable bonds is 8. The second kappa shape index (κ2) is 10.6. The maximum Gasteiger partial charge on any atom is 0.411 e. The molecule has 0 spiro atoms. The molecule has 1 saturated heterocycles. The van der Waals surface area contributed by atoms with Crippen LogP contribution in [0.4, 0.5) is 16.3 Å². The highest BCUT2D eigenvalue weighted by Crippen LogP contribution is 2.29. The van der Waals surface area contributed by atoms with Gasteiger partial charge in [-0.2, -0.15) is 4.37 Å². The quantitative estimate of drug-likeness (QED) is 0.501. The van der Waals surface area contributed by atoms with E-state index in [1.165, 1.54) is 15.6 Å². The number of fused-ring (bicyclic) bond motifs is 1. The van der Waals surface area contributed by atoms with E-state index in [1.54, 1.807) is 11.5 Å². The van der Waals surface area contributed by atoms with Gasteiger partial charge in [0.2, 0.25) is 0 Å². The molecule has 6 nitrogen and oxygen atoms in total. The second-order valence-corrected chi connectivity index (χ2v) is 8.70. The number of ether oxygens (including phenoxy) is 1. The highest BCUT2D eigenvalue weighted by atomic mass is 32.1. The van der Waals surface area contributed by atoms with Crippen molar-refractivity contribution in [1.29, 1.82) is 0 Å².